The summed E-state index contributed by atoms with van der Waals surface area (Å²) in [6.45, 7) is 4.71. The van der Waals surface area contributed by atoms with Crippen LogP contribution >= 0.6 is 0 Å². The number of hydrogen-bond acceptors (Lipinski definition) is 3. The van der Waals surface area contributed by atoms with E-state index in [1.807, 2.05) is 6.92 Å². The van der Waals surface area contributed by atoms with Crippen LogP contribution in [0.15, 0.2) is 30.7 Å². The topological polar surface area (TPSA) is 47.8 Å². The predicted molar refractivity (Wildman–Crippen MR) is 64.9 cm³/mol. The molecule has 2 aromatic rings. The Balaban J connectivity index is 2.37. The van der Waals surface area contributed by atoms with Gasteiger partial charge in [-0.3, -0.25) is 14.5 Å². The van der Waals surface area contributed by atoms with Gasteiger partial charge >= 0.3 is 0 Å². The van der Waals surface area contributed by atoms with Crippen molar-refractivity contribution in [1.29, 1.82) is 0 Å². The van der Waals surface area contributed by atoms with Crippen LogP contribution in [-0.2, 0) is 6.54 Å². The van der Waals surface area contributed by atoms with Crippen LogP contribution in [0.4, 0.5) is 0 Å². The van der Waals surface area contributed by atoms with E-state index in [4.69, 9.17) is 0 Å². The van der Waals surface area contributed by atoms with Gasteiger partial charge in [-0.05, 0) is 31.0 Å². The van der Waals surface area contributed by atoms with Crippen LogP contribution in [-0.4, -0.2) is 20.5 Å². The lowest BCUT2D eigenvalue weighted by Gasteiger charge is -2.06. The molecule has 0 spiro atoms. The zero-order valence-corrected chi connectivity index (χ0v) is 10.1. The molecule has 0 unspecified atom stereocenters. The van der Waals surface area contributed by atoms with E-state index >= 15 is 0 Å². The van der Waals surface area contributed by atoms with Crippen LogP contribution in [0.25, 0.3) is 0 Å². The third-order valence-corrected chi connectivity index (χ3v) is 2.65. The maximum atomic E-state index is 12.3. The Morgan fingerprint density at radius 1 is 1.35 bits per heavy atom. The number of carbonyl (C=O) groups is 1. The lowest BCUT2D eigenvalue weighted by Crippen LogP contribution is -2.12. The first-order valence-electron chi connectivity index (χ1n) is 5.71. The summed E-state index contributed by atoms with van der Waals surface area (Å²) in [7, 11) is 0. The molecule has 88 valence electrons. The van der Waals surface area contributed by atoms with Gasteiger partial charge in [0.2, 0.25) is 5.78 Å². The van der Waals surface area contributed by atoms with Gasteiger partial charge in [0.25, 0.3) is 0 Å². The molecular weight excluding hydrogens is 214 g/mol. The molecule has 0 saturated heterocycles. The fourth-order valence-corrected chi connectivity index (χ4v) is 1.78. The van der Waals surface area contributed by atoms with E-state index in [0.717, 1.165) is 18.5 Å². The molecule has 0 fully saturated rings. The van der Waals surface area contributed by atoms with Crippen molar-refractivity contribution in [3.8, 4) is 0 Å². The number of aromatic nitrogens is 3. The molecule has 0 aliphatic rings. The minimum Gasteiger partial charge on any atom is -0.287 e. The molecule has 0 N–H and O–H groups in total. The number of ketones is 1. The zero-order valence-electron chi connectivity index (χ0n) is 10.1. The summed E-state index contributed by atoms with van der Waals surface area (Å²) in [6.07, 6.45) is 5.96. The lowest BCUT2D eigenvalue weighted by molar-refractivity contribution is 0.102. The van der Waals surface area contributed by atoms with Gasteiger partial charge in [0, 0.05) is 30.7 Å². The van der Waals surface area contributed by atoms with Crippen LogP contribution in [0, 0.1) is 6.92 Å². The van der Waals surface area contributed by atoms with Crippen LogP contribution in [0.2, 0.25) is 0 Å². The summed E-state index contributed by atoms with van der Waals surface area (Å²) < 4.78 is 1.75. The van der Waals surface area contributed by atoms with Gasteiger partial charge in [0.05, 0.1) is 0 Å². The van der Waals surface area contributed by atoms with Crippen LogP contribution in [0.5, 0.6) is 0 Å². The van der Waals surface area contributed by atoms with Crippen LogP contribution in [0.3, 0.4) is 0 Å². The Kier molecular flexibility index (Phi) is 3.32. The number of aryl methyl sites for hydroxylation is 2. The maximum Gasteiger partial charge on any atom is 0.211 e. The number of carbonyl (C=O) groups excluding carboxylic acids is 1. The summed E-state index contributed by atoms with van der Waals surface area (Å²) in [5.74, 6) is 0.0100. The van der Waals surface area contributed by atoms with E-state index in [0.29, 0.717) is 11.3 Å². The Hall–Kier alpha value is -1.97. The zero-order chi connectivity index (χ0) is 12.3. The molecule has 0 aliphatic carbocycles. The fourth-order valence-electron chi connectivity index (χ4n) is 1.78. The number of hydrogen-bond donors (Lipinski definition) is 0. The monoisotopic (exact) mass is 229 g/mol. The Morgan fingerprint density at radius 2 is 2.18 bits per heavy atom. The molecule has 0 atom stereocenters. The average molecular weight is 229 g/mol. The molecule has 4 nitrogen and oxygen atoms in total. The third kappa shape index (κ3) is 2.25. The predicted octanol–water partition coefficient (Wildman–Crippen LogP) is 2.23. The number of nitrogens with zero attached hydrogens (tertiary/aromatic N) is 3. The molecular formula is C13H15N3O. The van der Waals surface area contributed by atoms with Gasteiger partial charge in [-0.2, -0.15) is 5.10 Å². The number of rotatable bonds is 4. The molecule has 2 heterocycles. The molecule has 0 aliphatic heterocycles. The first kappa shape index (κ1) is 11.5. The fraction of sp³-hybridized carbons (Fsp3) is 0.308. The Labute approximate surface area is 100 Å². The highest BCUT2D eigenvalue weighted by Crippen LogP contribution is 2.12. The summed E-state index contributed by atoms with van der Waals surface area (Å²) in [6, 6.07) is 3.51. The van der Waals surface area contributed by atoms with E-state index in [9.17, 15) is 4.79 Å². The largest absolute Gasteiger partial charge is 0.287 e. The van der Waals surface area contributed by atoms with Crippen molar-refractivity contribution >= 4 is 5.78 Å². The quantitative estimate of drug-likeness (QED) is 0.755. The van der Waals surface area contributed by atoms with Gasteiger partial charge in [-0.15, -0.1) is 0 Å². The molecule has 0 radical (unpaired) electrons. The lowest BCUT2D eigenvalue weighted by atomic mass is 10.1. The molecule has 17 heavy (non-hydrogen) atoms. The number of pyridine rings is 1. The second kappa shape index (κ2) is 4.91. The standard InChI is InChI=1S/C13H15N3O/c1-3-8-16-12(5-7-15-16)13(17)11-4-6-14-9-10(11)2/h4-7,9H,3,8H2,1-2H3. The van der Waals surface area contributed by atoms with Crippen molar-refractivity contribution in [1.82, 2.24) is 14.8 Å². The van der Waals surface area contributed by atoms with Gasteiger partial charge in [0.1, 0.15) is 5.69 Å². The minimum absolute atomic E-state index is 0.0100. The normalized spacial score (nSPS) is 10.5. The average Bonchev–Trinajstić information content (AvgIpc) is 2.78. The van der Waals surface area contributed by atoms with Crippen molar-refractivity contribution in [2.24, 2.45) is 0 Å². The first-order chi connectivity index (χ1) is 8.24. The van der Waals surface area contributed by atoms with Crippen molar-refractivity contribution in [2.75, 3.05) is 0 Å². The van der Waals surface area contributed by atoms with Gasteiger partial charge in [-0.25, -0.2) is 0 Å². The van der Waals surface area contributed by atoms with Crippen molar-refractivity contribution in [3.63, 3.8) is 0 Å². The second-order valence-electron chi connectivity index (χ2n) is 3.96. The summed E-state index contributed by atoms with van der Waals surface area (Å²) in [4.78, 5) is 16.3. The van der Waals surface area contributed by atoms with E-state index in [-0.39, 0.29) is 5.78 Å². The Bertz CT molecular complexity index is 531. The highest BCUT2D eigenvalue weighted by atomic mass is 16.1. The molecule has 0 aromatic carbocycles. The summed E-state index contributed by atoms with van der Waals surface area (Å²) in [5, 5.41) is 4.16. The highest BCUT2D eigenvalue weighted by molar-refractivity contribution is 6.08. The molecule has 0 saturated carbocycles. The van der Waals surface area contributed by atoms with E-state index in [2.05, 4.69) is 17.0 Å². The third-order valence-electron chi connectivity index (χ3n) is 2.65. The smallest absolute Gasteiger partial charge is 0.211 e. The van der Waals surface area contributed by atoms with E-state index in [1.165, 1.54) is 0 Å². The molecule has 2 aromatic heterocycles. The molecule has 0 bridgehead atoms. The Morgan fingerprint density at radius 3 is 2.88 bits per heavy atom. The van der Waals surface area contributed by atoms with E-state index < -0.39 is 0 Å². The van der Waals surface area contributed by atoms with Crippen molar-refractivity contribution in [3.05, 3.63) is 47.5 Å². The highest BCUT2D eigenvalue weighted by Gasteiger charge is 2.15. The summed E-state index contributed by atoms with van der Waals surface area (Å²) in [5.41, 5.74) is 2.22. The van der Waals surface area contributed by atoms with E-state index in [1.54, 1.807) is 35.4 Å². The second-order valence-corrected chi connectivity index (χ2v) is 3.96. The minimum atomic E-state index is 0.0100. The SMILES string of the molecule is CCCn1nccc1C(=O)c1ccncc1C. The van der Waals surface area contributed by atoms with Crippen LogP contribution < -0.4 is 0 Å². The van der Waals surface area contributed by atoms with Crippen LogP contribution in [0.1, 0.15) is 35.0 Å². The molecule has 4 heteroatoms. The van der Waals surface area contributed by atoms with Crippen molar-refractivity contribution < 1.29 is 4.79 Å². The molecule has 2 rings (SSSR count). The molecule has 0 amide bonds. The van der Waals surface area contributed by atoms with Gasteiger partial charge in [-0.1, -0.05) is 6.92 Å². The summed E-state index contributed by atoms with van der Waals surface area (Å²) >= 11 is 0. The first-order valence-corrected chi connectivity index (χ1v) is 5.71. The maximum absolute atomic E-state index is 12.3. The van der Waals surface area contributed by atoms with Gasteiger partial charge in [0.15, 0.2) is 0 Å². The van der Waals surface area contributed by atoms with Gasteiger partial charge < -0.3 is 0 Å². The van der Waals surface area contributed by atoms with Crippen molar-refractivity contribution in [2.45, 2.75) is 26.8 Å².